The Bertz CT molecular complexity index is 703. The van der Waals surface area contributed by atoms with Gasteiger partial charge < -0.3 is 15.2 Å². The van der Waals surface area contributed by atoms with Crippen molar-refractivity contribution in [1.82, 2.24) is 5.32 Å². The third-order valence-electron chi connectivity index (χ3n) is 3.83. The molecular weight excluding hydrogens is 325 g/mol. The summed E-state index contributed by atoms with van der Waals surface area (Å²) in [7, 11) is 0. The minimum Gasteiger partial charge on any atom is -0.480 e. The van der Waals surface area contributed by atoms with Gasteiger partial charge in [-0.15, -0.1) is 0 Å². The second-order valence-electron chi connectivity index (χ2n) is 5.79. The molecule has 1 amide bonds. The van der Waals surface area contributed by atoms with E-state index in [-0.39, 0.29) is 24.8 Å². The molecule has 0 spiro atoms. The number of aliphatic carboxylic acids is 1. The quantitative estimate of drug-likeness (QED) is 0.802. The molecule has 2 aromatic rings. The van der Waals surface area contributed by atoms with Gasteiger partial charge >= 0.3 is 12.1 Å². The lowest BCUT2D eigenvalue weighted by atomic mass is 9.94. The number of carboxylic acid groups (broad SMARTS) is 1. The van der Waals surface area contributed by atoms with E-state index in [4.69, 9.17) is 4.74 Å². The molecule has 2 rings (SSSR count). The number of benzene rings is 2. The minimum atomic E-state index is -1.15. The summed E-state index contributed by atoms with van der Waals surface area (Å²) in [6, 6.07) is 13.9. The van der Waals surface area contributed by atoms with Crippen LogP contribution in [0.15, 0.2) is 54.6 Å². The summed E-state index contributed by atoms with van der Waals surface area (Å²) < 4.78 is 18.0. The summed E-state index contributed by atoms with van der Waals surface area (Å²) in [5.74, 6) is -1.67. The zero-order valence-electron chi connectivity index (χ0n) is 13.8. The molecule has 2 aromatic carbocycles. The molecular formula is C19H20FNO4. The molecule has 0 aliphatic rings. The van der Waals surface area contributed by atoms with Crippen molar-refractivity contribution in [1.29, 1.82) is 0 Å². The fourth-order valence-corrected chi connectivity index (χ4v) is 2.41. The molecule has 0 aromatic heterocycles. The van der Waals surface area contributed by atoms with Gasteiger partial charge in [-0.25, -0.2) is 14.0 Å². The molecule has 25 heavy (non-hydrogen) atoms. The fraction of sp³-hybridized carbons (Fsp3) is 0.263. The molecule has 0 saturated heterocycles. The lowest BCUT2D eigenvalue weighted by Crippen LogP contribution is -2.41. The molecule has 0 fully saturated rings. The van der Waals surface area contributed by atoms with Crippen molar-refractivity contribution in [3.05, 3.63) is 71.5 Å². The summed E-state index contributed by atoms with van der Waals surface area (Å²) in [6.45, 7) is 1.88. The summed E-state index contributed by atoms with van der Waals surface area (Å²) in [6.07, 6.45) is -0.621. The van der Waals surface area contributed by atoms with Crippen LogP contribution in [-0.4, -0.2) is 23.2 Å². The van der Waals surface area contributed by atoms with Crippen LogP contribution in [0.4, 0.5) is 9.18 Å². The van der Waals surface area contributed by atoms with E-state index in [2.05, 4.69) is 5.32 Å². The lowest BCUT2D eigenvalue weighted by molar-refractivity contribution is -0.139. The maximum absolute atomic E-state index is 13.0. The third-order valence-corrected chi connectivity index (χ3v) is 3.83. The standard InChI is InChI=1S/C19H20FNO4/c1-13(15-7-9-16(20)10-8-15)11-17(18(22)23)21-19(24)25-12-14-5-3-2-4-6-14/h2-10,13,17H,11-12H2,1H3,(H,21,24)(H,22,23). The average molecular weight is 345 g/mol. The zero-order valence-corrected chi connectivity index (χ0v) is 13.8. The van der Waals surface area contributed by atoms with Crippen molar-refractivity contribution < 1.29 is 23.8 Å². The molecule has 0 aliphatic carbocycles. The van der Waals surface area contributed by atoms with Gasteiger partial charge in [-0.05, 0) is 35.6 Å². The van der Waals surface area contributed by atoms with Gasteiger partial charge in [0.1, 0.15) is 18.5 Å². The number of amides is 1. The van der Waals surface area contributed by atoms with Crippen molar-refractivity contribution in [3.8, 4) is 0 Å². The first-order valence-electron chi connectivity index (χ1n) is 7.91. The van der Waals surface area contributed by atoms with Gasteiger partial charge in [0.05, 0.1) is 0 Å². The van der Waals surface area contributed by atoms with Crippen molar-refractivity contribution in [2.75, 3.05) is 0 Å². The van der Waals surface area contributed by atoms with Gasteiger partial charge in [-0.1, -0.05) is 49.4 Å². The van der Waals surface area contributed by atoms with Crippen molar-refractivity contribution in [3.63, 3.8) is 0 Å². The van der Waals surface area contributed by atoms with Crippen LogP contribution in [-0.2, 0) is 16.1 Å². The number of rotatable bonds is 7. The topological polar surface area (TPSA) is 75.6 Å². The van der Waals surface area contributed by atoms with Crippen molar-refractivity contribution >= 4 is 12.1 Å². The molecule has 0 aliphatic heterocycles. The molecule has 132 valence electrons. The number of carbonyl (C=O) groups excluding carboxylic acids is 1. The van der Waals surface area contributed by atoms with Gasteiger partial charge in [-0.3, -0.25) is 0 Å². The number of ether oxygens (including phenoxy) is 1. The second-order valence-corrected chi connectivity index (χ2v) is 5.79. The summed E-state index contributed by atoms with van der Waals surface area (Å²) in [4.78, 5) is 23.2. The molecule has 2 N–H and O–H groups in total. The summed E-state index contributed by atoms with van der Waals surface area (Å²) in [5, 5.41) is 11.7. The highest BCUT2D eigenvalue weighted by atomic mass is 19.1. The number of alkyl carbamates (subject to hydrolysis) is 1. The number of nitrogens with one attached hydrogen (secondary N) is 1. The van der Waals surface area contributed by atoms with E-state index in [9.17, 15) is 19.1 Å². The molecule has 6 heteroatoms. The number of hydrogen-bond donors (Lipinski definition) is 2. The predicted molar refractivity (Wildman–Crippen MR) is 90.6 cm³/mol. The molecule has 0 bridgehead atoms. The highest BCUT2D eigenvalue weighted by Crippen LogP contribution is 2.21. The monoisotopic (exact) mass is 345 g/mol. The van der Waals surface area contributed by atoms with Crippen LogP contribution in [0.1, 0.15) is 30.4 Å². The SMILES string of the molecule is CC(CC(NC(=O)OCc1ccccc1)C(=O)O)c1ccc(F)cc1. The van der Waals surface area contributed by atoms with Crippen LogP contribution in [0, 0.1) is 5.82 Å². The van der Waals surface area contributed by atoms with Gasteiger partial charge in [-0.2, -0.15) is 0 Å². The van der Waals surface area contributed by atoms with E-state index in [1.807, 2.05) is 25.1 Å². The van der Waals surface area contributed by atoms with Gasteiger partial charge in [0.15, 0.2) is 0 Å². The van der Waals surface area contributed by atoms with Crippen LogP contribution in [0.2, 0.25) is 0 Å². The molecule has 0 radical (unpaired) electrons. The minimum absolute atomic E-state index is 0.0620. The van der Waals surface area contributed by atoms with Crippen molar-refractivity contribution in [2.45, 2.75) is 31.9 Å². The Hall–Kier alpha value is -2.89. The van der Waals surface area contributed by atoms with Crippen LogP contribution in [0.25, 0.3) is 0 Å². The molecule has 5 nitrogen and oxygen atoms in total. The Labute approximate surface area is 145 Å². The Balaban J connectivity index is 1.90. The zero-order chi connectivity index (χ0) is 18.2. The highest BCUT2D eigenvalue weighted by Gasteiger charge is 2.24. The van der Waals surface area contributed by atoms with E-state index in [1.165, 1.54) is 12.1 Å². The van der Waals surface area contributed by atoms with Crippen LogP contribution < -0.4 is 5.32 Å². The Morgan fingerprint density at radius 1 is 1.12 bits per heavy atom. The average Bonchev–Trinajstić information content (AvgIpc) is 2.60. The first kappa shape index (κ1) is 18.4. The first-order chi connectivity index (χ1) is 12.0. The fourth-order valence-electron chi connectivity index (χ4n) is 2.41. The molecule has 0 heterocycles. The van der Waals surface area contributed by atoms with E-state index >= 15 is 0 Å². The van der Waals surface area contributed by atoms with Crippen LogP contribution in [0.3, 0.4) is 0 Å². The third kappa shape index (κ3) is 5.91. The molecule has 2 atom stereocenters. The van der Waals surface area contributed by atoms with Crippen molar-refractivity contribution in [2.24, 2.45) is 0 Å². The number of carbonyl (C=O) groups is 2. The maximum Gasteiger partial charge on any atom is 0.408 e. The van der Waals surface area contributed by atoms with E-state index in [0.717, 1.165) is 11.1 Å². The smallest absolute Gasteiger partial charge is 0.408 e. The second kappa shape index (κ2) is 8.82. The van der Waals surface area contributed by atoms with Crippen LogP contribution >= 0.6 is 0 Å². The molecule has 0 saturated carbocycles. The molecule has 2 unspecified atom stereocenters. The maximum atomic E-state index is 13.0. The normalized spacial score (nSPS) is 12.9. The van der Waals surface area contributed by atoms with Gasteiger partial charge in [0, 0.05) is 0 Å². The van der Waals surface area contributed by atoms with E-state index in [0.29, 0.717) is 0 Å². The highest BCUT2D eigenvalue weighted by molar-refractivity contribution is 5.79. The van der Waals surface area contributed by atoms with Crippen LogP contribution in [0.5, 0.6) is 0 Å². The number of carboxylic acids is 1. The Morgan fingerprint density at radius 2 is 1.76 bits per heavy atom. The number of hydrogen-bond acceptors (Lipinski definition) is 3. The Morgan fingerprint density at radius 3 is 2.36 bits per heavy atom. The lowest BCUT2D eigenvalue weighted by Gasteiger charge is -2.19. The number of halogens is 1. The summed E-state index contributed by atoms with van der Waals surface area (Å²) in [5.41, 5.74) is 1.61. The van der Waals surface area contributed by atoms with E-state index in [1.54, 1.807) is 24.3 Å². The van der Waals surface area contributed by atoms with Gasteiger partial charge in [0.25, 0.3) is 0 Å². The first-order valence-corrected chi connectivity index (χ1v) is 7.91. The van der Waals surface area contributed by atoms with E-state index < -0.39 is 18.1 Å². The largest absolute Gasteiger partial charge is 0.480 e. The summed E-state index contributed by atoms with van der Waals surface area (Å²) >= 11 is 0. The predicted octanol–water partition coefficient (Wildman–Crippen LogP) is 3.70. The van der Waals surface area contributed by atoms with Gasteiger partial charge in [0.2, 0.25) is 0 Å². The Kier molecular flexibility index (Phi) is 6.51.